The molecule has 4 aromatic rings. The first-order chi connectivity index (χ1) is 16.3. The molecule has 1 fully saturated rings. The molecular formula is C29H31N3O. The maximum atomic E-state index is 13.8. The predicted molar refractivity (Wildman–Crippen MR) is 133 cm³/mol. The standard InChI is InChI=1S/C29H31N3O/c33-29(31(25-16-8-3-9-17-25)21-24-14-6-2-7-15-24)22-32-27-19-11-10-18-26(27)30-28(32)20-23-12-4-1-5-13-23/h1-2,4-7,10-15,18-19,25H,3,8-9,16-17,20-22H2. The first-order valence-corrected chi connectivity index (χ1v) is 12.1. The fourth-order valence-corrected chi connectivity index (χ4v) is 5.04. The predicted octanol–water partition coefficient (Wildman–Crippen LogP) is 5.99. The Bertz CT molecular complexity index is 1190. The fraction of sp³-hybridized carbons (Fsp3) is 0.310. The molecule has 0 unspecified atom stereocenters. The molecule has 168 valence electrons. The van der Waals surface area contributed by atoms with E-state index in [4.69, 9.17) is 4.98 Å². The molecule has 0 aliphatic heterocycles. The smallest absolute Gasteiger partial charge is 0.243 e. The van der Waals surface area contributed by atoms with Crippen LogP contribution >= 0.6 is 0 Å². The Labute approximate surface area is 195 Å². The van der Waals surface area contributed by atoms with Crippen LogP contribution in [0.1, 0.15) is 49.1 Å². The van der Waals surface area contributed by atoms with Gasteiger partial charge >= 0.3 is 0 Å². The van der Waals surface area contributed by atoms with Gasteiger partial charge in [-0.2, -0.15) is 0 Å². The second-order valence-electron chi connectivity index (χ2n) is 9.06. The lowest BCUT2D eigenvalue weighted by atomic mass is 9.93. The van der Waals surface area contributed by atoms with Gasteiger partial charge in [-0.3, -0.25) is 4.79 Å². The fourth-order valence-electron chi connectivity index (χ4n) is 5.04. The van der Waals surface area contributed by atoms with Gasteiger partial charge in [0.05, 0.1) is 11.0 Å². The normalized spacial score (nSPS) is 14.4. The van der Waals surface area contributed by atoms with E-state index >= 15 is 0 Å². The number of aromatic nitrogens is 2. The summed E-state index contributed by atoms with van der Waals surface area (Å²) in [6, 6.07) is 29.2. The summed E-state index contributed by atoms with van der Waals surface area (Å²) in [7, 11) is 0. The van der Waals surface area contributed by atoms with Crippen molar-refractivity contribution in [3.8, 4) is 0 Å². The third-order valence-corrected chi connectivity index (χ3v) is 6.76. The van der Waals surface area contributed by atoms with E-state index in [-0.39, 0.29) is 5.91 Å². The van der Waals surface area contributed by atoms with Crippen molar-refractivity contribution in [2.75, 3.05) is 0 Å². The van der Waals surface area contributed by atoms with Crippen molar-refractivity contribution < 1.29 is 4.79 Å². The molecule has 0 radical (unpaired) electrons. The highest BCUT2D eigenvalue weighted by atomic mass is 16.2. The van der Waals surface area contributed by atoms with E-state index in [1.165, 1.54) is 30.4 Å². The van der Waals surface area contributed by atoms with Crippen LogP contribution in [-0.2, 0) is 24.3 Å². The summed E-state index contributed by atoms with van der Waals surface area (Å²) in [5.74, 6) is 1.13. The summed E-state index contributed by atoms with van der Waals surface area (Å²) in [6.07, 6.45) is 6.59. The van der Waals surface area contributed by atoms with E-state index < -0.39 is 0 Å². The van der Waals surface area contributed by atoms with Crippen LogP contribution in [0.4, 0.5) is 0 Å². The molecule has 0 atom stereocenters. The van der Waals surface area contributed by atoms with Crippen molar-refractivity contribution in [1.82, 2.24) is 14.5 Å². The Balaban J connectivity index is 1.46. The van der Waals surface area contributed by atoms with Crippen molar-refractivity contribution in [3.63, 3.8) is 0 Å². The summed E-state index contributed by atoms with van der Waals surface area (Å²) < 4.78 is 2.13. The Morgan fingerprint density at radius 1 is 0.818 bits per heavy atom. The molecule has 4 nitrogen and oxygen atoms in total. The van der Waals surface area contributed by atoms with Gasteiger partial charge in [-0.1, -0.05) is 92.1 Å². The average molecular weight is 438 g/mol. The van der Waals surface area contributed by atoms with Gasteiger partial charge in [0.15, 0.2) is 0 Å². The van der Waals surface area contributed by atoms with Crippen LogP contribution < -0.4 is 0 Å². The summed E-state index contributed by atoms with van der Waals surface area (Å²) in [4.78, 5) is 20.9. The zero-order chi connectivity index (χ0) is 22.5. The molecule has 1 heterocycles. The molecular weight excluding hydrogens is 406 g/mol. The number of benzene rings is 3. The molecule has 0 bridgehead atoms. The Hall–Kier alpha value is -3.40. The number of hydrogen-bond acceptors (Lipinski definition) is 2. The number of para-hydroxylation sites is 2. The molecule has 1 aliphatic rings. The van der Waals surface area contributed by atoms with E-state index in [9.17, 15) is 4.79 Å². The molecule has 0 spiro atoms. The first kappa shape index (κ1) is 21.4. The third kappa shape index (κ3) is 5.00. The maximum absolute atomic E-state index is 13.8. The average Bonchev–Trinajstić information content (AvgIpc) is 3.21. The number of fused-ring (bicyclic) bond motifs is 1. The summed E-state index contributed by atoms with van der Waals surface area (Å²) in [5.41, 5.74) is 4.37. The Morgan fingerprint density at radius 2 is 1.45 bits per heavy atom. The minimum atomic E-state index is 0.184. The number of carbonyl (C=O) groups is 1. The van der Waals surface area contributed by atoms with Gasteiger partial charge < -0.3 is 9.47 Å². The second-order valence-corrected chi connectivity index (χ2v) is 9.06. The topological polar surface area (TPSA) is 38.1 Å². The monoisotopic (exact) mass is 437 g/mol. The summed E-state index contributed by atoms with van der Waals surface area (Å²) >= 11 is 0. The minimum absolute atomic E-state index is 0.184. The van der Waals surface area contributed by atoms with E-state index in [2.05, 4.69) is 64.1 Å². The first-order valence-electron chi connectivity index (χ1n) is 12.1. The van der Waals surface area contributed by atoms with Gasteiger partial charge in [0.25, 0.3) is 0 Å². The number of rotatable bonds is 7. The van der Waals surface area contributed by atoms with Gasteiger partial charge in [0, 0.05) is 19.0 Å². The maximum Gasteiger partial charge on any atom is 0.243 e. The van der Waals surface area contributed by atoms with Gasteiger partial charge in [0.2, 0.25) is 5.91 Å². The van der Waals surface area contributed by atoms with E-state index in [0.717, 1.165) is 29.7 Å². The second kappa shape index (κ2) is 10.0. The van der Waals surface area contributed by atoms with Crippen molar-refractivity contribution in [1.29, 1.82) is 0 Å². The molecule has 1 amide bonds. The van der Waals surface area contributed by atoms with Crippen LogP contribution in [0.25, 0.3) is 11.0 Å². The number of amides is 1. The lowest BCUT2D eigenvalue weighted by Gasteiger charge is -2.35. The van der Waals surface area contributed by atoms with Crippen LogP contribution in [0.5, 0.6) is 0 Å². The summed E-state index contributed by atoms with van der Waals surface area (Å²) in [6.45, 7) is 0.997. The van der Waals surface area contributed by atoms with Crippen LogP contribution in [0.2, 0.25) is 0 Å². The Morgan fingerprint density at radius 3 is 2.18 bits per heavy atom. The molecule has 33 heavy (non-hydrogen) atoms. The SMILES string of the molecule is O=C(Cn1c(Cc2ccccc2)nc2ccccc21)N(Cc1ccccc1)C1CCCCC1. The van der Waals surface area contributed by atoms with Gasteiger partial charge in [-0.05, 0) is 36.1 Å². The van der Waals surface area contributed by atoms with Gasteiger partial charge in [0.1, 0.15) is 12.4 Å². The van der Waals surface area contributed by atoms with E-state index in [0.29, 0.717) is 25.6 Å². The molecule has 0 N–H and O–H groups in total. The zero-order valence-corrected chi connectivity index (χ0v) is 19.1. The van der Waals surface area contributed by atoms with Crippen molar-refractivity contribution in [2.45, 2.75) is 57.7 Å². The van der Waals surface area contributed by atoms with E-state index in [1.54, 1.807) is 0 Å². The number of nitrogens with zero attached hydrogens (tertiary/aromatic N) is 3. The molecule has 1 saturated carbocycles. The lowest BCUT2D eigenvalue weighted by Crippen LogP contribution is -2.42. The number of carbonyl (C=O) groups excluding carboxylic acids is 1. The highest BCUT2D eigenvalue weighted by Gasteiger charge is 2.27. The highest BCUT2D eigenvalue weighted by molar-refractivity contribution is 5.81. The van der Waals surface area contributed by atoms with Crippen LogP contribution in [0.3, 0.4) is 0 Å². The Kier molecular flexibility index (Phi) is 6.52. The molecule has 4 heteroatoms. The zero-order valence-electron chi connectivity index (χ0n) is 19.1. The molecule has 1 aliphatic carbocycles. The number of hydrogen-bond donors (Lipinski definition) is 0. The molecule has 3 aromatic carbocycles. The van der Waals surface area contributed by atoms with Crippen molar-refractivity contribution in [2.24, 2.45) is 0 Å². The largest absolute Gasteiger partial charge is 0.334 e. The lowest BCUT2D eigenvalue weighted by molar-refractivity contribution is -0.135. The minimum Gasteiger partial charge on any atom is -0.334 e. The van der Waals surface area contributed by atoms with Crippen LogP contribution in [-0.4, -0.2) is 26.4 Å². The summed E-state index contributed by atoms with van der Waals surface area (Å²) in [5, 5.41) is 0. The van der Waals surface area contributed by atoms with Crippen molar-refractivity contribution >= 4 is 16.9 Å². The van der Waals surface area contributed by atoms with E-state index in [1.807, 2.05) is 30.3 Å². The quantitative estimate of drug-likeness (QED) is 0.356. The van der Waals surface area contributed by atoms with Crippen molar-refractivity contribution in [3.05, 3.63) is 102 Å². The third-order valence-electron chi connectivity index (χ3n) is 6.76. The van der Waals surface area contributed by atoms with Crippen LogP contribution in [0.15, 0.2) is 84.9 Å². The molecule has 5 rings (SSSR count). The molecule has 1 aromatic heterocycles. The van der Waals surface area contributed by atoms with Gasteiger partial charge in [-0.15, -0.1) is 0 Å². The number of imidazole rings is 1. The van der Waals surface area contributed by atoms with Gasteiger partial charge in [-0.25, -0.2) is 4.98 Å². The van der Waals surface area contributed by atoms with Crippen LogP contribution in [0, 0.1) is 0 Å². The highest BCUT2D eigenvalue weighted by Crippen LogP contribution is 2.26. The molecule has 0 saturated heterocycles.